The Labute approximate surface area is 134 Å². The summed E-state index contributed by atoms with van der Waals surface area (Å²) in [7, 11) is 1.67. The van der Waals surface area contributed by atoms with Gasteiger partial charge in [0, 0.05) is 13.0 Å². The fourth-order valence-electron chi connectivity index (χ4n) is 4.43. The molecule has 8 heteroatoms. The first kappa shape index (κ1) is 15.8. The molecule has 3 rings (SSSR count). The summed E-state index contributed by atoms with van der Waals surface area (Å²) in [5.74, 6) is -2.21. The number of carboxylic acids is 1. The van der Waals surface area contributed by atoms with Gasteiger partial charge in [0.1, 0.15) is 5.70 Å². The van der Waals surface area contributed by atoms with E-state index in [2.05, 4.69) is 0 Å². The molecule has 2 aliphatic heterocycles. The molecule has 0 aromatic heterocycles. The molecule has 2 fully saturated rings. The smallest absolute Gasteiger partial charge is 0.352 e. The van der Waals surface area contributed by atoms with Crippen LogP contribution in [0.3, 0.4) is 0 Å². The van der Waals surface area contributed by atoms with Crippen molar-refractivity contribution in [3.05, 3.63) is 11.3 Å². The molecule has 0 spiro atoms. The Morgan fingerprint density at radius 1 is 1.48 bits per heavy atom. The van der Waals surface area contributed by atoms with Gasteiger partial charge in [-0.15, -0.1) is 0 Å². The minimum Gasteiger partial charge on any atom is -0.477 e. The van der Waals surface area contributed by atoms with Gasteiger partial charge < -0.3 is 25.7 Å². The maximum Gasteiger partial charge on any atom is 0.352 e. The van der Waals surface area contributed by atoms with E-state index < -0.39 is 18.0 Å². The van der Waals surface area contributed by atoms with E-state index in [4.69, 9.17) is 11.1 Å². The second-order valence-electron chi connectivity index (χ2n) is 6.62. The lowest BCUT2D eigenvalue weighted by molar-refractivity contribution is -0.163. The summed E-state index contributed by atoms with van der Waals surface area (Å²) >= 11 is 0. The van der Waals surface area contributed by atoms with Crippen LogP contribution in [0.15, 0.2) is 11.3 Å². The van der Waals surface area contributed by atoms with E-state index in [-0.39, 0.29) is 35.6 Å². The molecule has 23 heavy (non-hydrogen) atoms. The molecule has 2 heterocycles. The van der Waals surface area contributed by atoms with Crippen LogP contribution >= 0.6 is 0 Å². The number of fused-ring (bicyclic) bond motifs is 3. The molecule has 1 saturated heterocycles. The van der Waals surface area contributed by atoms with Gasteiger partial charge in [-0.2, -0.15) is 0 Å². The molecule has 0 aromatic carbocycles. The summed E-state index contributed by atoms with van der Waals surface area (Å²) in [6.45, 7) is 1.57. The highest BCUT2D eigenvalue weighted by atomic mass is 16.4. The van der Waals surface area contributed by atoms with Crippen molar-refractivity contribution in [1.29, 1.82) is 5.41 Å². The summed E-state index contributed by atoms with van der Waals surface area (Å²) in [6, 6.07) is -0.572. The van der Waals surface area contributed by atoms with Gasteiger partial charge in [0.25, 0.3) is 0 Å². The highest BCUT2D eigenvalue weighted by Gasteiger charge is 2.62. The number of aliphatic hydroxyl groups is 1. The number of carbonyl (C=O) groups is 2. The normalized spacial score (nSPS) is 33.7. The Hall–Kier alpha value is -2.09. The molecule has 5 N–H and O–H groups in total. The lowest BCUT2D eigenvalue weighted by Crippen LogP contribution is -2.64. The minimum absolute atomic E-state index is 0.0275. The van der Waals surface area contributed by atoms with Crippen LogP contribution < -0.4 is 5.73 Å². The van der Waals surface area contributed by atoms with E-state index in [1.165, 1.54) is 4.90 Å². The molecule has 126 valence electrons. The highest BCUT2D eigenvalue weighted by Crippen LogP contribution is 2.52. The number of aliphatic hydroxyl groups excluding tert-OH is 1. The number of hydrogen-bond donors (Lipinski definition) is 4. The van der Waals surface area contributed by atoms with Crippen molar-refractivity contribution in [2.24, 2.45) is 17.6 Å². The van der Waals surface area contributed by atoms with Crippen LogP contribution in [0.5, 0.6) is 0 Å². The zero-order valence-corrected chi connectivity index (χ0v) is 13.2. The van der Waals surface area contributed by atoms with Gasteiger partial charge in [-0.05, 0) is 25.3 Å². The van der Waals surface area contributed by atoms with Gasteiger partial charge in [-0.25, -0.2) is 4.79 Å². The van der Waals surface area contributed by atoms with E-state index in [9.17, 15) is 19.8 Å². The first-order chi connectivity index (χ1) is 10.8. The van der Waals surface area contributed by atoms with Crippen molar-refractivity contribution in [2.75, 3.05) is 7.05 Å². The summed E-state index contributed by atoms with van der Waals surface area (Å²) in [4.78, 5) is 27.0. The summed E-state index contributed by atoms with van der Waals surface area (Å²) in [6.07, 6.45) is 1.55. The fraction of sp³-hybridized carbons (Fsp3) is 0.667. The van der Waals surface area contributed by atoms with Crippen LogP contribution in [-0.2, 0) is 9.59 Å². The molecule has 0 bridgehead atoms. The zero-order valence-electron chi connectivity index (χ0n) is 13.2. The van der Waals surface area contributed by atoms with Gasteiger partial charge in [0.15, 0.2) is 5.96 Å². The predicted molar refractivity (Wildman–Crippen MR) is 81.3 cm³/mol. The molecule has 1 aliphatic carbocycles. The van der Waals surface area contributed by atoms with Gasteiger partial charge in [0.2, 0.25) is 5.91 Å². The van der Waals surface area contributed by atoms with Crippen LogP contribution in [0, 0.1) is 17.2 Å². The molecule has 1 amide bonds. The van der Waals surface area contributed by atoms with E-state index in [1.54, 1.807) is 18.9 Å². The van der Waals surface area contributed by atoms with Gasteiger partial charge in [-0.1, -0.05) is 6.42 Å². The van der Waals surface area contributed by atoms with Crippen LogP contribution in [0.1, 0.15) is 26.2 Å². The number of likely N-dealkylation sites (N-methyl/N-ethyl adjacent to an activating group) is 1. The number of amides is 1. The molecular formula is C15H22N4O4. The van der Waals surface area contributed by atoms with Gasteiger partial charge in [0.05, 0.1) is 24.1 Å². The Bertz CT molecular complexity index is 615. The Kier molecular flexibility index (Phi) is 3.59. The van der Waals surface area contributed by atoms with E-state index >= 15 is 0 Å². The molecule has 3 aliphatic rings. The van der Waals surface area contributed by atoms with Gasteiger partial charge >= 0.3 is 5.97 Å². The standard InChI is InChI=1S/C15H22N4O4/c1-6(20)9-11-7-4-3-5-8(18(2)15(16)17)10(7)12(14(22)23)19(11)13(9)21/h6-9,11,20H,3-5H2,1-2H3,(H3,16,17)(H,22,23)/t6?,7-,8-,9+,11+/m0/s1. The Morgan fingerprint density at radius 2 is 2.13 bits per heavy atom. The predicted octanol–water partition coefficient (Wildman–Crippen LogP) is -0.460. The maximum atomic E-state index is 12.3. The third kappa shape index (κ3) is 2.04. The zero-order chi connectivity index (χ0) is 17.0. The number of nitrogens with one attached hydrogen (secondary N) is 1. The number of aliphatic carboxylic acids is 1. The van der Waals surface area contributed by atoms with Crippen molar-refractivity contribution in [2.45, 2.75) is 44.4 Å². The summed E-state index contributed by atoms with van der Waals surface area (Å²) in [5, 5.41) is 27.2. The van der Waals surface area contributed by atoms with Crippen molar-refractivity contribution >= 4 is 17.8 Å². The van der Waals surface area contributed by atoms with Crippen molar-refractivity contribution in [3.8, 4) is 0 Å². The van der Waals surface area contributed by atoms with Crippen LogP contribution in [0.2, 0.25) is 0 Å². The number of guanidine groups is 1. The van der Waals surface area contributed by atoms with Gasteiger partial charge in [-0.3, -0.25) is 10.2 Å². The number of carboxylic acid groups (broad SMARTS) is 1. The molecule has 1 saturated carbocycles. The summed E-state index contributed by atoms with van der Waals surface area (Å²) in [5.41, 5.74) is 6.29. The summed E-state index contributed by atoms with van der Waals surface area (Å²) < 4.78 is 0. The van der Waals surface area contributed by atoms with Crippen molar-refractivity contribution < 1.29 is 19.8 Å². The number of nitrogens with zero attached hydrogens (tertiary/aromatic N) is 2. The lowest BCUT2D eigenvalue weighted by Gasteiger charge is -2.48. The first-order valence-electron chi connectivity index (χ1n) is 7.82. The van der Waals surface area contributed by atoms with E-state index in [0.29, 0.717) is 12.0 Å². The minimum atomic E-state index is -1.13. The largest absolute Gasteiger partial charge is 0.477 e. The quantitative estimate of drug-likeness (QED) is 0.316. The van der Waals surface area contributed by atoms with Crippen LogP contribution in [-0.4, -0.2) is 63.1 Å². The van der Waals surface area contributed by atoms with Crippen molar-refractivity contribution in [3.63, 3.8) is 0 Å². The second-order valence-corrected chi connectivity index (χ2v) is 6.62. The Balaban J connectivity index is 2.06. The molecule has 0 radical (unpaired) electrons. The average molecular weight is 322 g/mol. The first-order valence-corrected chi connectivity index (χ1v) is 7.82. The molecule has 0 aromatic rings. The SMILES string of the molecule is CC(O)[C@H]1C(=O)N2C(C(=O)O)=C3[C@H](CCC[C@@H]3N(C)C(=N)N)[C@H]12. The number of carbonyl (C=O) groups excluding carboxylic acids is 1. The third-order valence-corrected chi connectivity index (χ3v) is 5.44. The molecule has 5 atom stereocenters. The van der Waals surface area contributed by atoms with Crippen LogP contribution in [0.25, 0.3) is 0 Å². The fourth-order valence-corrected chi connectivity index (χ4v) is 4.43. The average Bonchev–Trinajstić information content (AvgIpc) is 2.76. The van der Waals surface area contributed by atoms with Crippen molar-refractivity contribution in [1.82, 2.24) is 9.80 Å². The van der Waals surface area contributed by atoms with E-state index in [0.717, 1.165) is 12.8 Å². The number of β-lactam (4-membered cyclic amide) rings is 1. The maximum absolute atomic E-state index is 12.3. The highest BCUT2D eigenvalue weighted by molar-refractivity contribution is 6.00. The van der Waals surface area contributed by atoms with Crippen LogP contribution in [0.4, 0.5) is 0 Å². The Morgan fingerprint density at radius 3 is 2.65 bits per heavy atom. The number of rotatable bonds is 3. The third-order valence-electron chi connectivity index (χ3n) is 5.44. The lowest BCUT2D eigenvalue weighted by atomic mass is 9.71. The van der Waals surface area contributed by atoms with E-state index in [1.807, 2.05) is 0 Å². The molecule has 1 unspecified atom stereocenters. The number of hydrogen-bond acceptors (Lipinski definition) is 4. The monoisotopic (exact) mass is 322 g/mol. The topological polar surface area (TPSA) is 131 Å². The molecule has 8 nitrogen and oxygen atoms in total. The number of nitrogens with two attached hydrogens (primary N) is 1. The second kappa shape index (κ2) is 5.23. The molecular weight excluding hydrogens is 300 g/mol.